The Bertz CT molecular complexity index is 106. The van der Waals surface area contributed by atoms with Gasteiger partial charge in [-0.3, -0.25) is 0 Å². The zero-order chi connectivity index (χ0) is 7.98. The summed E-state index contributed by atoms with van der Waals surface area (Å²) >= 11 is 9.08. The van der Waals surface area contributed by atoms with E-state index in [1.165, 1.54) is 0 Å². The predicted octanol–water partition coefficient (Wildman–Crippen LogP) is 2.67. The molecular formula is C7H12BrClO. The summed E-state index contributed by atoms with van der Waals surface area (Å²) in [4.78, 5) is 0. The first-order valence-electron chi connectivity index (χ1n) is 3.25. The molecule has 0 radical (unpaired) electrons. The summed E-state index contributed by atoms with van der Waals surface area (Å²) in [7, 11) is 0. The second-order valence-electron chi connectivity index (χ2n) is 2.18. The molecule has 0 fully saturated rings. The fraction of sp³-hybridized carbons (Fsp3) is 0.714. The Kier molecular flexibility index (Phi) is 6.49. The van der Waals surface area contributed by atoms with Crippen molar-refractivity contribution in [1.29, 1.82) is 0 Å². The van der Waals surface area contributed by atoms with Crippen LogP contribution >= 0.6 is 27.5 Å². The number of halogens is 2. The topological polar surface area (TPSA) is 20.2 Å². The lowest BCUT2D eigenvalue weighted by atomic mass is 10.2. The summed E-state index contributed by atoms with van der Waals surface area (Å²) in [5, 5.41) is 8.57. The molecule has 0 aliphatic carbocycles. The molecule has 0 aromatic heterocycles. The van der Waals surface area contributed by atoms with Crippen LogP contribution in [0.15, 0.2) is 11.1 Å². The van der Waals surface area contributed by atoms with Crippen LogP contribution in [0.1, 0.15) is 19.3 Å². The predicted molar refractivity (Wildman–Crippen MR) is 48.6 cm³/mol. The van der Waals surface area contributed by atoms with Crippen LogP contribution in [0.3, 0.4) is 0 Å². The van der Waals surface area contributed by atoms with Crippen molar-refractivity contribution in [2.75, 3.05) is 6.61 Å². The Morgan fingerprint density at radius 3 is 2.70 bits per heavy atom. The third-order valence-electron chi connectivity index (χ3n) is 1.12. The van der Waals surface area contributed by atoms with Gasteiger partial charge in [-0.1, -0.05) is 22.5 Å². The second kappa shape index (κ2) is 6.20. The van der Waals surface area contributed by atoms with E-state index in [0.29, 0.717) is 0 Å². The molecule has 60 valence electrons. The summed E-state index contributed by atoms with van der Waals surface area (Å²) in [6, 6.07) is 0. The number of hydrogen-bond acceptors (Lipinski definition) is 1. The highest BCUT2D eigenvalue weighted by Crippen LogP contribution is 2.17. The Labute approximate surface area is 75.2 Å². The van der Waals surface area contributed by atoms with Gasteiger partial charge in [-0.15, -0.1) is 11.6 Å². The zero-order valence-corrected chi connectivity index (χ0v) is 8.16. The van der Waals surface area contributed by atoms with Gasteiger partial charge in [0.15, 0.2) is 0 Å². The van der Waals surface area contributed by atoms with E-state index in [1.807, 2.05) is 0 Å². The lowest BCUT2D eigenvalue weighted by Crippen LogP contribution is -1.99. The van der Waals surface area contributed by atoms with Crippen molar-refractivity contribution in [2.24, 2.45) is 0 Å². The van der Waals surface area contributed by atoms with Crippen LogP contribution in [0.25, 0.3) is 0 Å². The molecule has 0 aromatic carbocycles. The standard InChI is InChI=1S/C7H12BrClO/c1-6(8)5-7(9)3-2-4-10/h7,10H,1-5H2/t7-/m1/s1. The zero-order valence-electron chi connectivity index (χ0n) is 5.82. The van der Waals surface area contributed by atoms with E-state index in [4.69, 9.17) is 16.7 Å². The van der Waals surface area contributed by atoms with Crippen molar-refractivity contribution >= 4 is 27.5 Å². The Morgan fingerprint density at radius 2 is 2.30 bits per heavy atom. The molecule has 0 amide bonds. The Morgan fingerprint density at radius 1 is 1.70 bits per heavy atom. The van der Waals surface area contributed by atoms with Gasteiger partial charge in [0.1, 0.15) is 0 Å². The van der Waals surface area contributed by atoms with Crippen LogP contribution in [0.5, 0.6) is 0 Å². The van der Waals surface area contributed by atoms with Crippen LogP contribution in [-0.4, -0.2) is 17.1 Å². The molecule has 0 aliphatic heterocycles. The highest BCUT2D eigenvalue weighted by Gasteiger charge is 2.03. The van der Waals surface area contributed by atoms with E-state index >= 15 is 0 Å². The molecule has 0 aliphatic rings. The van der Waals surface area contributed by atoms with Gasteiger partial charge in [0.25, 0.3) is 0 Å². The maximum absolute atomic E-state index is 8.46. The highest BCUT2D eigenvalue weighted by molar-refractivity contribution is 9.11. The van der Waals surface area contributed by atoms with E-state index in [0.717, 1.165) is 23.7 Å². The average molecular weight is 228 g/mol. The molecule has 0 spiro atoms. The monoisotopic (exact) mass is 226 g/mol. The van der Waals surface area contributed by atoms with E-state index in [9.17, 15) is 0 Å². The number of allylic oxidation sites excluding steroid dienone is 1. The molecule has 0 saturated carbocycles. The van der Waals surface area contributed by atoms with E-state index < -0.39 is 0 Å². The van der Waals surface area contributed by atoms with Crippen molar-refractivity contribution in [1.82, 2.24) is 0 Å². The van der Waals surface area contributed by atoms with Crippen LogP contribution in [0.4, 0.5) is 0 Å². The van der Waals surface area contributed by atoms with Crippen molar-refractivity contribution in [2.45, 2.75) is 24.6 Å². The number of aliphatic hydroxyl groups excluding tert-OH is 1. The van der Waals surface area contributed by atoms with Gasteiger partial charge < -0.3 is 5.11 Å². The minimum absolute atomic E-state index is 0.110. The molecule has 0 bridgehead atoms. The minimum Gasteiger partial charge on any atom is -0.396 e. The summed E-state index contributed by atoms with van der Waals surface area (Å²) in [5.41, 5.74) is 0. The SMILES string of the molecule is C=C(Br)C[C@H](Cl)CCCO. The number of alkyl halides is 1. The van der Waals surface area contributed by atoms with E-state index in [2.05, 4.69) is 22.5 Å². The van der Waals surface area contributed by atoms with Gasteiger partial charge in [-0.2, -0.15) is 0 Å². The molecular weight excluding hydrogens is 215 g/mol. The maximum atomic E-state index is 8.46. The minimum atomic E-state index is 0.110. The van der Waals surface area contributed by atoms with Gasteiger partial charge in [0, 0.05) is 12.0 Å². The normalized spacial score (nSPS) is 13.1. The van der Waals surface area contributed by atoms with Crippen molar-refractivity contribution in [3.8, 4) is 0 Å². The van der Waals surface area contributed by atoms with Crippen molar-refractivity contribution < 1.29 is 5.11 Å². The summed E-state index contributed by atoms with van der Waals surface area (Å²) in [5.74, 6) is 0. The molecule has 10 heavy (non-hydrogen) atoms. The van der Waals surface area contributed by atoms with Gasteiger partial charge >= 0.3 is 0 Å². The molecule has 0 aromatic rings. The van der Waals surface area contributed by atoms with Crippen LogP contribution < -0.4 is 0 Å². The number of rotatable bonds is 5. The smallest absolute Gasteiger partial charge is 0.0431 e. The first-order valence-corrected chi connectivity index (χ1v) is 4.48. The summed E-state index contributed by atoms with van der Waals surface area (Å²) in [6.07, 6.45) is 2.40. The summed E-state index contributed by atoms with van der Waals surface area (Å²) < 4.78 is 0.922. The molecule has 3 heteroatoms. The van der Waals surface area contributed by atoms with Crippen LogP contribution in [0.2, 0.25) is 0 Å². The quantitative estimate of drug-likeness (QED) is 0.716. The van der Waals surface area contributed by atoms with Gasteiger partial charge in [-0.05, 0) is 23.7 Å². The number of aliphatic hydroxyl groups is 1. The van der Waals surface area contributed by atoms with Crippen LogP contribution in [0, 0.1) is 0 Å². The first kappa shape index (κ1) is 10.5. The van der Waals surface area contributed by atoms with Gasteiger partial charge in [0.05, 0.1) is 0 Å². The fourth-order valence-corrected chi connectivity index (χ4v) is 1.57. The fourth-order valence-electron chi connectivity index (χ4n) is 0.655. The molecule has 1 N–H and O–H groups in total. The van der Waals surface area contributed by atoms with Crippen molar-refractivity contribution in [3.63, 3.8) is 0 Å². The van der Waals surface area contributed by atoms with E-state index in [-0.39, 0.29) is 12.0 Å². The molecule has 0 rings (SSSR count). The molecule has 0 saturated heterocycles. The maximum Gasteiger partial charge on any atom is 0.0431 e. The molecule has 0 unspecified atom stereocenters. The third-order valence-corrected chi connectivity index (χ3v) is 1.81. The molecule has 1 atom stereocenters. The lowest BCUT2D eigenvalue weighted by molar-refractivity contribution is 0.284. The summed E-state index contributed by atoms with van der Waals surface area (Å²) in [6.45, 7) is 3.89. The van der Waals surface area contributed by atoms with Gasteiger partial charge in [0.2, 0.25) is 0 Å². The lowest BCUT2D eigenvalue weighted by Gasteiger charge is -2.05. The third kappa shape index (κ3) is 6.59. The highest BCUT2D eigenvalue weighted by atomic mass is 79.9. The largest absolute Gasteiger partial charge is 0.396 e. The number of hydrogen-bond donors (Lipinski definition) is 1. The van der Waals surface area contributed by atoms with Crippen LogP contribution in [-0.2, 0) is 0 Å². The average Bonchev–Trinajstić information content (AvgIpc) is 1.82. The van der Waals surface area contributed by atoms with E-state index in [1.54, 1.807) is 0 Å². The Hall–Kier alpha value is 0.470. The Balaban J connectivity index is 3.25. The second-order valence-corrected chi connectivity index (χ2v) is 3.92. The molecule has 1 nitrogen and oxygen atoms in total. The first-order chi connectivity index (χ1) is 4.66. The van der Waals surface area contributed by atoms with Crippen molar-refractivity contribution in [3.05, 3.63) is 11.1 Å². The van der Waals surface area contributed by atoms with Gasteiger partial charge in [-0.25, -0.2) is 0 Å². The molecule has 0 heterocycles.